The van der Waals surface area contributed by atoms with Crippen molar-refractivity contribution in [1.29, 1.82) is 0 Å². The summed E-state index contributed by atoms with van der Waals surface area (Å²) in [5.41, 5.74) is 1.88. The largest absolute Gasteiger partial charge is 0.352 e. The van der Waals surface area contributed by atoms with Crippen molar-refractivity contribution in [3.63, 3.8) is 0 Å². The van der Waals surface area contributed by atoms with Crippen LogP contribution in [0.3, 0.4) is 0 Å². The number of carbonyl (C=O) groups is 1. The molecule has 0 aliphatic heterocycles. The Bertz CT molecular complexity index is 267. The van der Waals surface area contributed by atoms with Crippen LogP contribution in [0.15, 0.2) is 10.8 Å². The first kappa shape index (κ1) is 9.26. The molecule has 0 spiro atoms. The predicted molar refractivity (Wildman–Crippen MR) is 51.7 cm³/mol. The molecule has 66 valence electrons. The Morgan fingerprint density at radius 3 is 2.83 bits per heavy atom. The second kappa shape index (κ2) is 4.26. The topological polar surface area (TPSA) is 29.1 Å². The van der Waals surface area contributed by atoms with Gasteiger partial charge in [0.1, 0.15) is 0 Å². The fourth-order valence-electron chi connectivity index (χ4n) is 0.927. The van der Waals surface area contributed by atoms with Crippen LogP contribution in [0.4, 0.5) is 0 Å². The van der Waals surface area contributed by atoms with Crippen molar-refractivity contribution in [2.45, 2.75) is 20.3 Å². The quantitative estimate of drug-likeness (QED) is 0.764. The zero-order valence-corrected chi connectivity index (χ0v) is 8.20. The van der Waals surface area contributed by atoms with E-state index in [0.29, 0.717) is 0 Å². The normalized spacial score (nSPS) is 9.83. The summed E-state index contributed by atoms with van der Waals surface area (Å²) < 4.78 is 0. The molecule has 0 fully saturated rings. The van der Waals surface area contributed by atoms with E-state index in [2.05, 4.69) is 5.32 Å². The van der Waals surface area contributed by atoms with Crippen molar-refractivity contribution in [3.05, 3.63) is 21.9 Å². The fraction of sp³-hybridized carbons (Fsp3) is 0.444. The van der Waals surface area contributed by atoms with Crippen molar-refractivity contribution < 1.29 is 4.79 Å². The van der Waals surface area contributed by atoms with Gasteiger partial charge in [0.15, 0.2) is 0 Å². The maximum absolute atomic E-state index is 11.4. The number of amides is 1. The van der Waals surface area contributed by atoms with Gasteiger partial charge >= 0.3 is 0 Å². The van der Waals surface area contributed by atoms with Crippen LogP contribution in [0.1, 0.15) is 29.3 Å². The average Bonchev–Trinajstić information content (AvgIpc) is 2.47. The molecule has 0 saturated carbocycles. The molecule has 1 rings (SSSR count). The van der Waals surface area contributed by atoms with Crippen molar-refractivity contribution in [2.24, 2.45) is 0 Å². The van der Waals surface area contributed by atoms with Gasteiger partial charge in [-0.05, 0) is 24.3 Å². The van der Waals surface area contributed by atoms with Gasteiger partial charge < -0.3 is 5.32 Å². The van der Waals surface area contributed by atoms with Crippen LogP contribution < -0.4 is 5.32 Å². The van der Waals surface area contributed by atoms with Gasteiger partial charge in [-0.1, -0.05) is 6.92 Å². The van der Waals surface area contributed by atoms with Crippen LogP contribution in [0, 0.1) is 6.92 Å². The Morgan fingerprint density at radius 1 is 1.58 bits per heavy atom. The Labute approximate surface area is 76.6 Å². The third kappa shape index (κ3) is 2.08. The summed E-state index contributed by atoms with van der Waals surface area (Å²) in [5.74, 6) is 0.0515. The third-order valence-corrected chi connectivity index (χ3v) is 2.50. The van der Waals surface area contributed by atoms with Crippen LogP contribution in [0.25, 0.3) is 0 Å². The van der Waals surface area contributed by atoms with Crippen LogP contribution >= 0.6 is 11.3 Å². The van der Waals surface area contributed by atoms with E-state index in [1.54, 1.807) is 11.3 Å². The second-order valence-electron chi connectivity index (χ2n) is 2.72. The Hall–Kier alpha value is -0.830. The van der Waals surface area contributed by atoms with Crippen molar-refractivity contribution in [1.82, 2.24) is 5.32 Å². The SMILES string of the molecule is CCCNC(=O)c1cscc1C. The zero-order valence-electron chi connectivity index (χ0n) is 7.39. The molecule has 0 unspecified atom stereocenters. The monoisotopic (exact) mass is 183 g/mol. The lowest BCUT2D eigenvalue weighted by Crippen LogP contribution is -2.23. The van der Waals surface area contributed by atoms with Gasteiger partial charge in [0.2, 0.25) is 0 Å². The molecule has 0 bridgehead atoms. The molecule has 0 aliphatic rings. The van der Waals surface area contributed by atoms with E-state index in [0.717, 1.165) is 24.1 Å². The van der Waals surface area contributed by atoms with E-state index < -0.39 is 0 Å². The first-order chi connectivity index (χ1) is 5.75. The summed E-state index contributed by atoms with van der Waals surface area (Å²) in [4.78, 5) is 11.4. The molecule has 1 N–H and O–H groups in total. The molecular formula is C9H13NOS. The molecule has 0 atom stereocenters. The Kier molecular flexibility index (Phi) is 3.29. The summed E-state index contributed by atoms with van der Waals surface area (Å²) in [6.07, 6.45) is 0.981. The van der Waals surface area contributed by atoms with Gasteiger partial charge in [-0.25, -0.2) is 0 Å². The molecular weight excluding hydrogens is 170 g/mol. The Morgan fingerprint density at radius 2 is 2.33 bits per heavy atom. The summed E-state index contributed by atoms with van der Waals surface area (Å²) in [6, 6.07) is 0. The molecule has 1 amide bonds. The number of thiophene rings is 1. The number of hydrogen-bond donors (Lipinski definition) is 1. The van der Waals surface area contributed by atoms with Gasteiger partial charge in [-0.15, -0.1) is 0 Å². The molecule has 0 aromatic carbocycles. The molecule has 1 heterocycles. The molecule has 1 aromatic heterocycles. The van der Waals surface area contributed by atoms with Gasteiger partial charge in [0.05, 0.1) is 5.56 Å². The number of rotatable bonds is 3. The van der Waals surface area contributed by atoms with E-state index in [-0.39, 0.29) is 5.91 Å². The maximum atomic E-state index is 11.4. The summed E-state index contributed by atoms with van der Waals surface area (Å²) in [6.45, 7) is 4.76. The molecule has 1 aromatic rings. The highest BCUT2D eigenvalue weighted by Crippen LogP contribution is 2.12. The zero-order chi connectivity index (χ0) is 8.97. The van der Waals surface area contributed by atoms with Crippen LogP contribution in [0.2, 0.25) is 0 Å². The molecule has 12 heavy (non-hydrogen) atoms. The highest BCUT2D eigenvalue weighted by atomic mass is 32.1. The lowest BCUT2D eigenvalue weighted by Gasteiger charge is -2.01. The van der Waals surface area contributed by atoms with Gasteiger partial charge in [0, 0.05) is 11.9 Å². The second-order valence-corrected chi connectivity index (χ2v) is 3.47. The third-order valence-electron chi connectivity index (χ3n) is 1.64. The van der Waals surface area contributed by atoms with E-state index in [9.17, 15) is 4.79 Å². The van der Waals surface area contributed by atoms with E-state index in [1.807, 2.05) is 24.6 Å². The predicted octanol–water partition coefficient (Wildman–Crippen LogP) is 2.20. The molecule has 0 aliphatic carbocycles. The molecule has 3 heteroatoms. The number of hydrogen-bond acceptors (Lipinski definition) is 2. The van der Waals surface area contributed by atoms with Gasteiger partial charge in [0.25, 0.3) is 5.91 Å². The molecule has 0 saturated heterocycles. The minimum atomic E-state index is 0.0515. The molecule has 0 radical (unpaired) electrons. The van der Waals surface area contributed by atoms with Crippen LogP contribution in [0.5, 0.6) is 0 Å². The first-order valence-corrected chi connectivity index (χ1v) is 5.01. The van der Waals surface area contributed by atoms with E-state index in [4.69, 9.17) is 0 Å². The minimum Gasteiger partial charge on any atom is -0.352 e. The lowest BCUT2D eigenvalue weighted by molar-refractivity contribution is 0.0953. The summed E-state index contributed by atoms with van der Waals surface area (Å²) >= 11 is 1.57. The van der Waals surface area contributed by atoms with Gasteiger partial charge in [-0.3, -0.25) is 4.79 Å². The van der Waals surface area contributed by atoms with E-state index in [1.165, 1.54) is 0 Å². The Balaban J connectivity index is 2.59. The average molecular weight is 183 g/mol. The fourth-order valence-corrected chi connectivity index (χ4v) is 1.76. The maximum Gasteiger partial charge on any atom is 0.252 e. The number of nitrogens with one attached hydrogen (secondary N) is 1. The smallest absolute Gasteiger partial charge is 0.252 e. The minimum absolute atomic E-state index is 0.0515. The van der Waals surface area contributed by atoms with E-state index >= 15 is 0 Å². The number of carbonyl (C=O) groups excluding carboxylic acids is 1. The highest BCUT2D eigenvalue weighted by Gasteiger charge is 2.07. The summed E-state index contributed by atoms with van der Waals surface area (Å²) in [7, 11) is 0. The van der Waals surface area contributed by atoms with Crippen molar-refractivity contribution in [3.8, 4) is 0 Å². The summed E-state index contributed by atoms with van der Waals surface area (Å²) in [5, 5.41) is 6.72. The van der Waals surface area contributed by atoms with Crippen LogP contribution in [-0.4, -0.2) is 12.5 Å². The highest BCUT2D eigenvalue weighted by molar-refractivity contribution is 7.08. The van der Waals surface area contributed by atoms with Gasteiger partial charge in [-0.2, -0.15) is 11.3 Å². The molecule has 2 nitrogen and oxygen atoms in total. The van der Waals surface area contributed by atoms with Crippen molar-refractivity contribution >= 4 is 17.2 Å². The van der Waals surface area contributed by atoms with Crippen LogP contribution in [-0.2, 0) is 0 Å². The van der Waals surface area contributed by atoms with Crippen molar-refractivity contribution in [2.75, 3.05) is 6.54 Å². The lowest BCUT2D eigenvalue weighted by atomic mass is 10.2. The standard InChI is InChI=1S/C9H13NOS/c1-3-4-10-9(11)8-6-12-5-7(8)2/h5-6H,3-4H2,1-2H3,(H,10,11). The number of aryl methyl sites for hydroxylation is 1. The first-order valence-electron chi connectivity index (χ1n) is 4.06.